The van der Waals surface area contributed by atoms with Crippen LogP contribution in [-0.2, 0) is 19.9 Å². The summed E-state index contributed by atoms with van der Waals surface area (Å²) in [5, 5.41) is -0.838. The first-order valence-corrected chi connectivity index (χ1v) is 10.2. The molecule has 1 aliphatic rings. The Labute approximate surface area is 116 Å². The van der Waals surface area contributed by atoms with E-state index in [4.69, 9.17) is 5.73 Å². The van der Waals surface area contributed by atoms with Gasteiger partial charge >= 0.3 is 0 Å². The van der Waals surface area contributed by atoms with E-state index in [1.165, 1.54) is 4.31 Å². The molecule has 0 heterocycles. The molecule has 0 amide bonds. The first-order valence-electron chi connectivity index (χ1n) is 6.55. The van der Waals surface area contributed by atoms with Crippen LogP contribution in [0.4, 0.5) is 0 Å². The molecule has 6 nitrogen and oxygen atoms in total. The van der Waals surface area contributed by atoms with Crippen molar-refractivity contribution in [1.29, 1.82) is 0 Å². The van der Waals surface area contributed by atoms with Gasteiger partial charge in [-0.2, -0.15) is 4.31 Å². The molecule has 8 heteroatoms. The Hall–Kier alpha value is -0.180. The molecule has 1 aliphatic carbocycles. The van der Waals surface area contributed by atoms with Crippen LogP contribution in [0.2, 0.25) is 0 Å². The molecular formula is C11H24N2O4S2. The summed E-state index contributed by atoms with van der Waals surface area (Å²) in [6, 6.07) is 0. The summed E-state index contributed by atoms with van der Waals surface area (Å²) in [6.45, 7) is 2.23. The fourth-order valence-corrected chi connectivity index (χ4v) is 6.84. The number of rotatable bonds is 6. The highest BCUT2D eigenvalue weighted by atomic mass is 32.3. The zero-order valence-corrected chi connectivity index (χ0v) is 13.3. The molecule has 0 aliphatic heterocycles. The first-order chi connectivity index (χ1) is 8.67. The summed E-state index contributed by atoms with van der Waals surface area (Å²) >= 11 is 0. The molecule has 19 heavy (non-hydrogen) atoms. The maximum Gasteiger partial charge on any atom is 0.229 e. The van der Waals surface area contributed by atoms with E-state index in [0.29, 0.717) is 12.8 Å². The van der Waals surface area contributed by atoms with E-state index in [1.54, 1.807) is 6.92 Å². The molecule has 0 radical (unpaired) electrons. The lowest BCUT2D eigenvalue weighted by Gasteiger charge is -2.44. The van der Waals surface area contributed by atoms with Gasteiger partial charge in [0.25, 0.3) is 0 Å². The van der Waals surface area contributed by atoms with Crippen molar-refractivity contribution in [3.05, 3.63) is 0 Å². The highest BCUT2D eigenvalue weighted by Crippen LogP contribution is 2.34. The van der Waals surface area contributed by atoms with Gasteiger partial charge in [-0.05, 0) is 12.8 Å². The minimum atomic E-state index is -3.83. The third-order valence-corrected chi connectivity index (χ3v) is 7.90. The van der Waals surface area contributed by atoms with Crippen molar-refractivity contribution in [3.8, 4) is 0 Å². The molecule has 2 N–H and O–H groups in total. The van der Waals surface area contributed by atoms with Crippen LogP contribution in [-0.4, -0.2) is 51.1 Å². The van der Waals surface area contributed by atoms with E-state index in [2.05, 4.69) is 0 Å². The van der Waals surface area contributed by atoms with Crippen molar-refractivity contribution in [2.24, 2.45) is 5.73 Å². The van der Waals surface area contributed by atoms with Gasteiger partial charge in [0, 0.05) is 24.9 Å². The van der Waals surface area contributed by atoms with E-state index in [0.717, 1.165) is 25.5 Å². The third-order valence-electron chi connectivity index (χ3n) is 3.68. The predicted octanol–water partition coefficient (Wildman–Crippen LogP) is 0.302. The van der Waals surface area contributed by atoms with Crippen molar-refractivity contribution in [1.82, 2.24) is 4.31 Å². The Bertz CT molecular complexity index is 493. The smallest absolute Gasteiger partial charge is 0.229 e. The highest BCUT2D eigenvalue weighted by Gasteiger charge is 2.43. The van der Waals surface area contributed by atoms with Gasteiger partial charge in [0.15, 0.2) is 14.9 Å². The minimum Gasteiger partial charge on any atom is -0.329 e. The van der Waals surface area contributed by atoms with Crippen LogP contribution in [0.5, 0.6) is 0 Å². The van der Waals surface area contributed by atoms with Crippen LogP contribution < -0.4 is 5.73 Å². The Morgan fingerprint density at radius 1 is 1.11 bits per heavy atom. The average Bonchev–Trinajstić information content (AvgIpc) is 2.27. The topological polar surface area (TPSA) is 97.5 Å². The second-order valence-electron chi connectivity index (χ2n) is 5.31. The van der Waals surface area contributed by atoms with Crippen molar-refractivity contribution in [3.63, 3.8) is 0 Å². The van der Waals surface area contributed by atoms with Crippen molar-refractivity contribution >= 4 is 19.9 Å². The molecule has 1 saturated carbocycles. The van der Waals surface area contributed by atoms with E-state index < -0.39 is 30.5 Å². The van der Waals surface area contributed by atoms with Gasteiger partial charge in [-0.1, -0.05) is 26.2 Å². The summed E-state index contributed by atoms with van der Waals surface area (Å²) in [4.78, 5) is 0. The molecule has 0 saturated heterocycles. The van der Waals surface area contributed by atoms with Crippen LogP contribution in [0.3, 0.4) is 0 Å². The van der Waals surface area contributed by atoms with Gasteiger partial charge in [-0.25, -0.2) is 16.8 Å². The third kappa shape index (κ3) is 4.14. The number of sulfonamides is 1. The lowest BCUT2D eigenvalue weighted by Crippen LogP contribution is -2.57. The van der Waals surface area contributed by atoms with Gasteiger partial charge in [0.1, 0.15) is 0 Å². The van der Waals surface area contributed by atoms with Gasteiger partial charge in [-0.15, -0.1) is 0 Å². The number of nitrogens with two attached hydrogens (primary N) is 1. The van der Waals surface area contributed by atoms with Crippen LogP contribution in [0.1, 0.15) is 39.0 Å². The first kappa shape index (κ1) is 16.9. The van der Waals surface area contributed by atoms with Crippen molar-refractivity contribution in [2.75, 3.05) is 24.4 Å². The predicted molar refractivity (Wildman–Crippen MR) is 75.9 cm³/mol. The monoisotopic (exact) mass is 312 g/mol. The molecule has 0 aromatic carbocycles. The quantitative estimate of drug-likeness (QED) is 0.761. The Kier molecular flexibility index (Phi) is 5.39. The van der Waals surface area contributed by atoms with E-state index in [9.17, 15) is 16.8 Å². The molecule has 0 aromatic rings. The lowest BCUT2D eigenvalue weighted by atomic mass is 9.81. The summed E-state index contributed by atoms with van der Waals surface area (Å²) in [6.07, 6.45) is 5.30. The van der Waals surface area contributed by atoms with Crippen LogP contribution >= 0.6 is 0 Å². The standard InChI is InChI=1S/C11H24N2O4S2/c1-3-13(19(16,17)10-18(2,14)15)11(9-12)7-5-4-6-8-11/h3-10,12H2,1-2H3. The minimum absolute atomic E-state index is 0.240. The largest absolute Gasteiger partial charge is 0.329 e. The number of nitrogens with zero attached hydrogens (tertiary/aromatic N) is 1. The molecule has 114 valence electrons. The summed E-state index contributed by atoms with van der Waals surface area (Å²) in [7, 11) is -7.42. The molecule has 0 spiro atoms. The van der Waals surface area contributed by atoms with E-state index in [-0.39, 0.29) is 13.1 Å². The molecule has 0 unspecified atom stereocenters. The van der Waals surface area contributed by atoms with Crippen LogP contribution in [0.15, 0.2) is 0 Å². The Morgan fingerprint density at radius 3 is 2.00 bits per heavy atom. The van der Waals surface area contributed by atoms with Gasteiger partial charge in [0.2, 0.25) is 10.0 Å². The van der Waals surface area contributed by atoms with Gasteiger partial charge in [-0.3, -0.25) is 0 Å². The fraction of sp³-hybridized carbons (Fsp3) is 1.00. The zero-order chi connectivity index (χ0) is 14.7. The molecule has 1 rings (SSSR count). The second kappa shape index (κ2) is 6.07. The van der Waals surface area contributed by atoms with E-state index >= 15 is 0 Å². The molecule has 1 fully saturated rings. The number of likely N-dealkylation sites (N-methyl/N-ethyl adjacent to an activating group) is 1. The molecular weight excluding hydrogens is 288 g/mol. The SMILES string of the molecule is CCN(C1(CN)CCCCC1)S(=O)(=O)CS(C)(=O)=O. The summed E-state index contributed by atoms with van der Waals surface area (Å²) < 4.78 is 48.6. The number of sulfone groups is 1. The molecule has 0 aromatic heterocycles. The Balaban J connectivity index is 3.10. The van der Waals surface area contributed by atoms with Crippen molar-refractivity contribution in [2.45, 2.75) is 44.6 Å². The number of hydrogen-bond donors (Lipinski definition) is 1. The highest BCUT2D eigenvalue weighted by molar-refractivity contribution is 8.06. The summed E-state index contributed by atoms with van der Waals surface area (Å²) in [5.74, 6) is 0. The average molecular weight is 312 g/mol. The van der Waals surface area contributed by atoms with Crippen LogP contribution in [0, 0.1) is 0 Å². The maximum absolute atomic E-state index is 12.3. The Morgan fingerprint density at radius 2 is 1.63 bits per heavy atom. The second-order valence-corrected chi connectivity index (χ2v) is 9.71. The van der Waals surface area contributed by atoms with E-state index in [1.807, 2.05) is 0 Å². The summed E-state index contributed by atoms with van der Waals surface area (Å²) in [5.41, 5.74) is 5.22. The molecule has 0 bridgehead atoms. The lowest BCUT2D eigenvalue weighted by molar-refractivity contribution is 0.141. The maximum atomic E-state index is 12.3. The van der Waals surface area contributed by atoms with Crippen LogP contribution in [0.25, 0.3) is 0 Å². The van der Waals surface area contributed by atoms with Gasteiger partial charge < -0.3 is 5.73 Å². The van der Waals surface area contributed by atoms with Gasteiger partial charge in [0.05, 0.1) is 0 Å². The molecule has 0 atom stereocenters. The van der Waals surface area contributed by atoms with Crippen molar-refractivity contribution < 1.29 is 16.8 Å². The normalized spacial score (nSPS) is 20.6. The fourth-order valence-electron chi connectivity index (χ4n) is 2.93. The number of hydrogen-bond acceptors (Lipinski definition) is 5. The zero-order valence-electron chi connectivity index (χ0n) is 11.6.